The molecule has 0 aliphatic heterocycles. The monoisotopic (exact) mass is 500 g/mol. The zero-order chi connectivity index (χ0) is 24.9. The maximum atomic E-state index is 13.7. The maximum absolute atomic E-state index is 13.7. The van der Waals surface area contributed by atoms with Crippen LogP contribution in [0.1, 0.15) is 28.4 Å². The predicted molar refractivity (Wildman–Crippen MR) is 128 cm³/mol. The molecule has 0 radical (unpaired) electrons. The Labute approximate surface area is 204 Å². The molecule has 1 heterocycles. The molecule has 3 aromatic carbocycles. The van der Waals surface area contributed by atoms with E-state index < -0.39 is 23.4 Å². The Hall–Kier alpha value is -3.46. The zero-order valence-electron chi connectivity index (χ0n) is 19.2. The molecule has 4 rings (SSSR count). The number of ether oxygens (including phenoxy) is 2. The molecule has 0 aliphatic rings. The third-order valence-electron chi connectivity index (χ3n) is 5.42. The molecule has 0 aliphatic carbocycles. The Kier molecular flexibility index (Phi) is 7.65. The zero-order valence-corrected chi connectivity index (χ0v) is 20.0. The van der Waals surface area contributed by atoms with E-state index in [1.807, 2.05) is 34.9 Å². The molecule has 0 saturated heterocycles. The number of thioether (sulfide) groups is 1. The van der Waals surface area contributed by atoms with E-state index >= 15 is 0 Å². The third kappa shape index (κ3) is 5.62. The van der Waals surface area contributed by atoms with Crippen molar-refractivity contribution < 1.29 is 27.4 Å². The van der Waals surface area contributed by atoms with Gasteiger partial charge in [0.15, 0.2) is 22.6 Å². The number of esters is 1. The summed E-state index contributed by atoms with van der Waals surface area (Å²) in [6.07, 6.45) is 0.697. The number of aryl methyl sites for hydroxylation is 2. The van der Waals surface area contributed by atoms with Gasteiger partial charge >= 0.3 is 5.97 Å². The Bertz CT molecular complexity index is 1330. The first-order valence-electron chi connectivity index (χ1n) is 11.0. The van der Waals surface area contributed by atoms with Gasteiger partial charge in [-0.05, 0) is 66.9 Å². The van der Waals surface area contributed by atoms with E-state index in [0.717, 1.165) is 29.0 Å². The molecule has 4 aromatic rings. The van der Waals surface area contributed by atoms with Crippen molar-refractivity contribution in [3.05, 3.63) is 88.7 Å². The van der Waals surface area contributed by atoms with Crippen molar-refractivity contribution >= 4 is 28.8 Å². The van der Waals surface area contributed by atoms with E-state index in [1.165, 1.54) is 11.8 Å². The highest BCUT2D eigenvalue weighted by Gasteiger charge is 2.16. The first-order valence-corrected chi connectivity index (χ1v) is 11.9. The number of benzene rings is 3. The number of hydrogen-bond acceptors (Lipinski definition) is 5. The van der Waals surface area contributed by atoms with E-state index in [1.54, 1.807) is 26.2 Å². The number of aromatic nitrogens is 2. The number of hydrogen-bond donors (Lipinski definition) is 0. The fraction of sp³-hybridized carbons (Fsp3) is 0.231. The second kappa shape index (κ2) is 10.9. The lowest BCUT2D eigenvalue weighted by atomic mass is 10.1. The van der Waals surface area contributed by atoms with E-state index in [4.69, 9.17) is 9.47 Å². The molecular formula is C26H23F3N2O3S. The van der Waals surface area contributed by atoms with Crippen LogP contribution in [0.4, 0.5) is 13.2 Å². The van der Waals surface area contributed by atoms with Gasteiger partial charge in [0, 0.05) is 12.3 Å². The molecule has 0 N–H and O–H groups in total. The van der Waals surface area contributed by atoms with Gasteiger partial charge in [-0.25, -0.2) is 22.9 Å². The van der Waals surface area contributed by atoms with Gasteiger partial charge in [0.05, 0.1) is 30.3 Å². The Morgan fingerprint density at radius 2 is 1.71 bits per heavy atom. The summed E-state index contributed by atoms with van der Waals surface area (Å²) < 4.78 is 52.9. The summed E-state index contributed by atoms with van der Waals surface area (Å²) in [5.41, 5.74) is 3.19. The third-order valence-corrected chi connectivity index (χ3v) is 6.47. The number of fused-ring (bicyclic) bond motifs is 1. The number of halogens is 3. The second-order valence-corrected chi connectivity index (χ2v) is 8.67. The van der Waals surface area contributed by atoms with E-state index in [-0.39, 0.29) is 12.4 Å². The molecule has 0 spiro atoms. The average Bonchev–Trinajstić information content (AvgIpc) is 3.21. The van der Waals surface area contributed by atoms with Crippen molar-refractivity contribution in [3.63, 3.8) is 0 Å². The highest BCUT2D eigenvalue weighted by Crippen LogP contribution is 2.29. The van der Waals surface area contributed by atoms with Gasteiger partial charge in [0.1, 0.15) is 5.75 Å². The molecule has 0 saturated carbocycles. The van der Waals surface area contributed by atoms with Crippen molar-refractivity contribution in [3.8, 4) is 5.75 Å². The number of imidazole rings is 1. The van der Waals surface area contributed by atoms with Gasteiger partial charge in [-0.15, -0.1) is 0 Å². The van der Waals surface area contributed by atoms with Gasteiger partial charge in [-0.1, -0.05) is 23.9 Å². The number of nitrogens with zero attached hydrogens (tertiary/aromatic N) is 2. The lowest BCUT2D eigenvalue weighted by Crippen LogP contribution is -2.05. The van der Waals surface area contributed by atoms with Crippen molar-refractivity contribution in [1.29, 1.82) is 0 Å². The van der Waals surface area contributed by atoms with Gasteiger partial charge < -0.3 is 14.0 Å². The van der Waals surface area contributed by atoms with Crippen molar-refractivity contribution in [2.45, 2.75) is 30.8 Å². The number of rotatable bonds is 9. The summed E-state index contributed by atoms with van der Waals surface area (Å²) in [5.74, 6) is -3.43. The molecule has 182 valence electrons. The minimum absolute atomic E-state index is 0.185. The average molecular weight is 501 g/mol. The molecule has 9 heteroatoms. The van der Waals surface area contributed by atoms with Gasteiger partial charge in [-0.3, -0.25) is 0 Å². The summed E-state index contributed by atoms with van der Waals surface area (Å²) in [5, 5.41) is 0.611. The molecule has 0 atom stereocenters. The molecule has 0 fully saturated rings. The van der Waals surface area contributed by atoms with E-state index in [9.17, 15) is 18.0 Å². The summed E-state index contributed by atoms with van der Waals surface area (Å²) in [6, 6.07) is 14.9. The quantitative estimate of drug-likeness (QED) is 0.156. The van der Waals surface area contributed by atoms with Crippen LogP contribution in [0, 0.1) is 17.5 Å². The summed E-state index contributed by atoms with van der Waals surface area (Å²) >= 11 is 1.27. The minimum Gasteiger partial charge on any atom is -0.497 e. The van der Waals surface area contributed by atoms with Crippen molar-refractivity contribution in [2.24, 2.45) is 0 Å². The fourth-order valence-corrected chi connectivity index (χ4v) is 4.62. The molecule has 35 heavy (non-hydrogen) atoms. The van der Waals surface area contributed by atoms with Crippen LogP contribution in [0.5, 0.6) is 5.75 Å². The summed E-state index contributed by atoms with van der Waals surface area (Å²) in [4.78, 5) is 16.8. The van der Waals surface area contributed by atoms with Crippen molar-refractivity contribution in [2.75, 3.05) is 13.7 Å². The largest absolute Gasteiger partial charge is 0.497 e. The van der Waals surface area contributed by atoms with Crippen LogP contribution >= 0.6 is 11.8 Å². The van der Waals surface area contributed by atoms with Crippen molar-refractivity contribution in [1.82, 2.24) is 9.55 Å². The fourth-order valence-electron chi connectivity index (χ4n) is 3.65. The second-order valence-electron chi connectivity index (χ2n) is 7.73. The summed E-state index contributed by atoms with van der Waals surface area (Å²) in [7, 11) is 1.61. The van der Waals surface area contributed by atoms with Crippen LogP contribution in [0.15, 0.2) is 59.8 Å². The van der Waals surface area contributed by atoms with E-state index in [2.05, 4.69) is 4.98 Å². The summed E-state index contributed by atoms with van der Waals surface area (Å²) in [6.45, 7) is 2.58. The lowest BCUT2D eigenvalue weighted by Gasteiger charge is -2.10. The molecule has 0 bridgehead atoms. The SMILES string of the molecule is CCOC(=O)c1ccc2c(c1)nc(SCc1cc(F)c(F)c(F)c1)n2CCc1ccc(OC)cc1. The lowest BCUT2D eigenvalue weighted by molar-refractivity contribution is 0.0526. The first-order chi connectivity index (χ1) is 16.9. The van der Waals surface area contributed by atoms with Gasteiger partial charge in [0.25, 0.3) is 0 Å². The first kappa shape index (κ1) is 24.7. The van der Waals surface area contributed by atoms with Crippen LogP contribution in [0.3, 0.4) is 0 Å². The molecule has 1 aromatic heterocycles. The molecule has 0 amide bonds. The Morgan fingerprint density at radius 1 is 1.00 bits per heavy atom. The van der Waals surface area contributed by atoms with Crippen LogP contribution in [0.25, 0.3) is 11.0 Å². The van der Waals surface area contributed by atoms with Crippen LogP contribution in [0.2, 0.25) is 0 Å². The van der Waals surface area contributed by atoms with Crippen LogP contribution < -0.4 is 4.74 Å². The minimum atomic E-state index is -1.49. The number of carbonyl (C=O) groups excluding carboxylic acids is 1. The number of methoxy groups -OCH3 is 1. The Balaban J connectivity index is 1.63. The normalized spacial score (nSPS) is 11.1. The smallest absolute Gasteiger partial charge is 0.338 e. The predicted octanol–water partition coefficient (Wildman–Crippen LogP) is 6.17. The maximum Gasteiger partial charge on any atom is 0.338 e. The van der Waals surface area contributed by atoms with Crippen LogP contribution in [-0.4, -0.2) is 29.2 Å². The van der Waals surface area contributed by atoms with Crippen LogP contribution in [-0.2, 0) is 23.5 Å². The molecule has 5 nitrogen and oxygen atoms in total. The Morgan fingerprint density at radius 3 is 2.37 bits per heavy atom. The molecular weight excluding hydrogens is 477 g/mol. The highest BCUT2D eigenvalue weighted by molar-refractivity contribution is 7.98. The standard InChI is InChI=1S/C26H23F3N2O3S/c1-3-34-25(32)18-6-9-23-22(14-18)30-26(35-15-17-12-20(27)24(29)21(28)13-17)31(23)11-10-16-4-7-19(33-2)8-5-16/h4-9,12-14H,3,10-11,15H2,1-2H3. The number of carbonyl (C=O) groups is 1. The van der Waals surface area contributed by atoms with E-state index in [0.29, 0.717) is 34.8 Å². The molecule has 0 unspecified atom stereocenters. The highest BCUT2D eigenvalue weighted by atomic mass is 32.2. The van der Waals surface area contributed by atoms with Gasteiger partial charge in [0.2, 0.25) is 0 Å². The van der Waals surface area contributed by atoms with Gasteiger partial charge in [-0.2, -0.15) is 0 Å². The topological polar surface area (TPSA) is 53.3 Å².